The van der Waals surface area contributed by atoms with Crippen LogP contribution in [0.2, 0.25) is 0 Å². The van der Waals surface area contributed by atoms with E-state index in [-0.39, 0.29) is 5.41 Å². The zero-order valence-corrected chi connectivity index (χ0v) is 9.75. The zero-order chi connectivity index (χ0) is 10.9. The number of allylic oxidation sites excluding steroid dienone is 3. The summed E-state index contributed by atoms with van der Waals surface area (Å²) in [4.78, 5) is 0. The minimum Gasteiger partial charge on any atom is -0.0742 e. The van der Waals surface area contributed by atoms with Crippen LogP contribution in [0.1, 0.15) is 38.3 Å². The summed E-state index contributed by atoms with van der Waals surface area (Å²) in [5.41, 5.74) is 4.30. The van der Waals surface area contributed by atoms with Crippen LogP contribution >= 0.6 is 0 Å². The van der Waals surface area contributed by atoms with Crippen LogP contribution in [0, 0.1) is 5.41 Å². The fourth-order valence-corrected chi connectivity index (χ4v) is 2.12. The topological polar surface area (TPSA) is 0 Å². The molecule has 1 aromatic rings. The predicted molar refractivity (Wildman–Crippen MR) is 67.5 cm³/mol. The van der Waals surface area contributed by atoms with Crippen LogP contribution in [-0.4, -0.2) is 0 Å². The van der Waals surface area contributed by atoms with Crippen molar-refractivity contribution < 1.29 is 0 Å². The minimum absolute atomic E-state index is 0.211. The summed E-state index contributed by atoms with van der Waals surface area (Å²) >= 11 is 0. The van der Waals surface area contributed by atoms with Crippen molar-refractivity contribution in [2.75, 3.05) is 0 Å². The molecule has 0 N–H and O–H groups in total. The van der Waals surface area contributed by atoms with Gasteiger partial charge in [-0.1, -0.05) is 56.3 Å². The van der Waals surface area contributed by atoms with Crippen LogP contribution in [0.5, 0.6) is 0 Å². The standard InChI is InChI=1S/C15H18/c1-4-15(3)10-9-13-7-5-6-8-14(13)12(2)11-15/h5-11H,4H2,1-3H3. The molecule has 0 amide bonds. The molecule has 0 saturated carbocycles. The second-order valence-corrected chi connectivity index (χ2v) is 4.61. The Labute approximate surface area is 92.3 Å². The molecule has 1 aliphatic rings. The lowest BCUT2D eigenvalue weighted by atomic mass is 9.86. The number of hydrogen-bond acceptors (Lipinski definition) is 0. The average molecular weight is 198 g/mol. The Balaban J connectivity index is 2.57. The van der Waals surface area contributed by atoms with Crippen molar-refractivity contribution in [3.8, 4) is 0 Å². The van der Waals surface area contributed by atoms with Gasteiger partial charge in [-0.3, -0.25) is 0 Å². The highest BCUT2D eigenvalue weighted by Crippen LogP contribution is 2.34. The molecular formula is C15H18. The molecule has 1 aliphatic carbocycles. The molecule has 0 fully saturated rings. The van der Waals surface area contributed by atoms with Gasteiger partial charge in [-0.05, 0) is 30.0 Å². The van der Waals surface area contributed by atoms with Gasteiger partial charge in [-0.25, -0.2) is 0 Å². The number of fused-ring (bicyclic) bond motifs is 1. The highest BCUT2D eigenvalue weighted by atomic mass is 14.2. The van der Waals surface area contributed by atoms with Gasteiger partial charge in [0.25, 0.3) is 0 Å². The normalized spacial score (nSPS) is 24.3. The molecule has 0 heteroatoms. The molecule has 0 nitrogen and oxygen atoms in total. The molecule has 1 unspecified atom stereocenters. The van der Waals surface area contributed by atoms with Gasteiger partial charge >= 0.3 is 0 Å². The lowest BCUT2D eigenvalue weighted by Gasteiger charge is -2.19. The van der Waals surface area contributed by atoms with Gasteiger partial charge in [0, 0.05) is 5.41 Å². The lowest BCUT2D eigenvalue weighted by Crippen LogP contribution is -2.06. The Morgan fingerprint density at radius 2 is 1.93 bits per heavy atom. The summed E-state index contributed by atoms with van der Waals surface area (Å²) in [5, 5.41) is 0. The summed E-state index contributed by atoms with van der Waals surface area (Å²) in [6.45, 7) is 6.74. The summed E-state index contributed by atoms with van der Waals surface area (Å²) in [6.07, 6.45) is 8.11. The van der Waals surface area contributed by atoms with E-state index < -0.39 is 0 Å². The van der Waals surface area contributed by atoms with Crippen molar-refractivity contribution in [3.63, 3.8) is 0 Å². The first-order valence-corrected chi connectivity index (χ1v) is 5.63. The van der Waals surface area contributed by atoms with Crippen LogP contribution in [0.4, 0.5) is 0 Å². The fourth-order valence-electron chi connectivity index (χ4n) is 2.12. The van der Waals surface area contributed by atoms with E-state index in [1.54, 1.807) is 0 Å². The van der Waals surface area contributed by atoms with Crippen molar-refractivity contribution >= 4 is 11.6 Å². The maximum atomic E-state index is 2.38. The molecule has 0 aliphatic heterocycles. The van der Waals surface area contributed by atoms with Crippen LogP contribution in [-0.2, 0) is 0 Å². The molecule has 1 atom stereocenters. The van der Waals surface area contributed by atoms with Crippen molar-refractivity contribution in [3.05, 3.63) is 47.5 Å². The van der Waals surface area contributed by atoms with Gasteiger partial charge in [0.1, 0.15) is 0 Å². The highest BCUT2D eigenvalue weighted by Gasteiger charge is 2.18. The van der Waals surface area contributed by atoms with Crippen LogP contribution in [0.25, 0.3) is 11.6 Å². The van der Waals surface area contributed by atoms with Gasteiger partial charge in [-0.15, -0.1) is 0 Å². The van der Waals surface area contributed by atoms with Crippen molar-refractivity contribution in [1.82, 2.24) is 0 Å². The molecular weight excluding hydrogens is 180 g/mol. The summed E-state index contributed by atoms with van der Waals surface area (Å²) < 4.78 is 0. The molecule has 0 spiro atoms. The number of hydrogen-bond donors (Lipinski definition) is 0. The molecule has 15 heavy (non-hydrogen) atoms. The highest BCUT2D eigenvalue weighted by molar-refractivity contribution is 5.76. The molecule has 0 bridgehead atoms. The maximum absolute atomic E-state index is 2.38. The molecule has 0 heterocycles. The van der Waals surface area contributed by atoms with Crippen molar-refractivity contribution in [2.45, 2.75) is 27.2 Å². The molecule has 2 rings (SSSR count). The first-order valence-electron chi connectivity index (χ1n) is 5.63. The summed E-state index contributed by atoms with van der Waals surface area (Å²) in [5.74, 6) is 0. The summed E-state index contributed by atoms with van der Waals surface area (Å²) in [6, 6.07) is 8.60. The Morgan fingerprint density at radius 1 is 1.20 bits per heavy atom. The SMILES string of the molecule is CCC1(C)C=Cc2ccccc2C(C)=C1. The van der Waals surface area contributed by atoms with E-state index in [0.29, 0.717) is 0 Å². The average Bonchev–Trinajstić information content (AvgIpc) is 2.38. The van der Waals surface area contributed by atoms with Gasteiger partial charge in [0.15, 0.2) is 0 Å². The predicted octanol–water partition coefficient (Wildman–Crippen LogP) is 4.53. The molecule has 0 aromatic heterocycles. The molecule has 0 saturated heterocycles. The van der Waals surface area contributed by atoms with E-state index in [9.17, 15) is 0 Å². The lowest BCUT2D eigenvalue weighted by molar-refractivity contribution is 0.534. The minimum atomic E-state index is 0.211. The third kappa shape index (κ3) is 1.90. The van der Waals surface area contributed by atoms with E-state index in [4.69, 9.17) is 0 Å². The maximum Gasteiger partial charge on any atom is 0.00393 e. The van der Waals surface area contributed by atoms with E-state index >= 15 is 0 Å². The Hall–Kier alpha value is -1.30. The first-order chi connectivity index (χ1) is 7.14. The van der Waals surface area contributed by atoms with E-state index in [2.05, 4.69) is 63.3 Å². The van der Waals surface area contributed by atoms with Crippen LogP contribution in [0.15, 0.2) is 36.4 Å². The van der Waals surface area contributed by atoms with Gasteiger partial charge in [-0.2, -0.15) is 0 Å². The molecule has 1 aromatic carbocycles. The van der Waals surface area contributed by atoms with E-state index in [1.165, 1.54) is 16.7 Å². The van der Waals surface area contributed by atoms with Gasteiger partial charge in [0.2, 0.25) is 0 Å². The smallest absolute Gasteiger partial charge is 0.00393 e. The van der Waals surface area contributed by atoms with Gasteiger partial charge in [0.05, 0.1) is 0 Å². The first kappa shape index (κ1) is 10.2. The van der Waals surface area contributed by atoms with Crippen LogP contribution in [0.3, 0.4) is 0 Å². The van der Waals surface area contributed by atoms with Crippen molar-refractivity contribution in [2.24, 2.45) is 5.41 Å². The number of benzene rings is 1. The van der Waals surface area contributed by atoms with Crippen LogP contribution < -0.4 is 0 Å². The van der Waals surface area contributed by atoms with E-state index in [0.717, 1.165) is 6.42 Å². The molecule has 78 valence electrons. The second-order valence-electron chi connectivity index (χ2n) is 4.61. The molecule has 0 radical (unpaired) electrons. The zero-order valence-electron chi connectivity index (χ0n) is 9.75. The Kier molecular flexibility index (Phi) is 2.52. The second kappa shape index (κ2) is 3.69. The largest absolute Gasteiger partial charge is 0.0742 e. The number of rotatable bonds is 1. The Bertz CT molecular complexity index is 423. The van der Waals surface area contributed by atoms with Gasteiger partial charge < -0.3 is 0 Å². The Morgan fingerprint density at radius 3 is 2.67 bits per heavy atom. The third-order valence-corrected chi connectivity index (χ3v) is 3.34. The summed E-state index contributed by atoms with van der Waals surface area (Å²) in [7, 11) is 0. The van der Waals surface area contributed by atoms with E-state index in [1.807, 2.05) is 0 Å². The fraction of sp³-hybridized carbons (Fsp3) is 0.333. The monoisotopic (exact) mass is 198 g/mol. The van der Waals surface area contributed by atoms with Crippen molar-refractivity contribution in [1.29, 1.82) is 0 Å². The third-order valence-electron chi connectivity index (χ3n) is 3.34. The quantitative estimate of drug-likeness (QED) is 0.621.